The van der Waals surface area contributed by atoms with E-state index < -0.39 is 0 Å². The third kappa shape index (κ3) is 4.35. The number of rotatable bonds is 7. The molecule has 0 saturated heterocycles. The van der Waals surface area contributed by atoms with Crippen LogP contribution in [0.15, 0.2) is 6.07 Å². The van der Waals surface area contributed by atoms with E-state index in [0.717, 1.165) is 12.8 Å². The second-order valence-corrected chi connectivity index (χ2v) is 6.89. The van der Waals surface area contributed by atoms with Gasteiger partial charge in [-0.15, -0.1) is 11.3 Å². The van der Waals surface area contributed by atoms with Crippen molar-refractivity contribution in [2.24, 2.45) is 5.41 Å². The molecular formula is C13H19Cl2NO2S. The number of halogens is 2. The maximum Gasteiger partial charge on any atom is 0.253 e. The van der Waals surface area contributed by atoms with Gasteiger partial charge in [0.1, 0.15) is 4.34 Å². The summed E-state index contributed by atoms with van der Waals surface area (Å²) in [6.45, 7) is 4.80. The molecule has 0 fully saturated rings. The summed E-state index contributed by atoms with van der Waals surface area (Å²) >= 11 is 13.0. The lowest BCUT2D eigenvalue weighted by molar-refractivity contribution is 0.0908. The van der Waals surface area contributed by atoms with Gasteiger partial charge < -0.3 is 10.4 Å². The molecule has 0 unspecified atom stereocenters. The van der Waals surface area contributed by atoms with Gasteiger partial charge in [0.15, 0.2) is 0 Å². The molecule has 0 radical (unpaired) electrons. The smallest absolute Gasteiger partial charge is 0.253 e. The number of hydrogen-bond acceptors (Lipinski definition) is 3. The highest BCUT2D eigenvalue weighted by Crippen LogP contribution is 2.32. The van der Waals surface area contributed by atoms with Crippen LogP contribution in [0.1, 0.15) is 43.5 Å². The highest BCUT2D eigenvalue weighted by Gasteiger charge is 2.26. The van der Waals surface area contributed by atoms with E-state index in [4.69, 9.17) is 28.3 Å². The number of aliphatic hydroxyl groups excluding tert-OH is 1. The van der Waals surface area contributed by atoms with Gasteiger partial charge in [0.05, 0.1) is 9.90 Å². The first kappa shape index (κ1) is 16.8. The van der Waals surface area contributed by atoms with Crippen molar-refractivity contribution in [1.29, 1.82) is 0 Å². The molecule has 108 valence electrons. The molecule has 0 aliphatic carbocycles. The highest BCUT2D eigenvalue weighted by molar-refractivity contribution is 7.20. The Morgan fingerprint density at radius 3 is 2.47 bits per heavy atom. The minimum absolute atomic E-state index is 0.0588. The molecule has 0 aliphatic heterocycles. The third-order valence-electron chi connectivity index (χ3n) is 3.67. The van der Waals surface area contributed by atoms with E-state index in [1.165, 1.54) is 11.3 Å². The molecule has 19 heavy (non-hydrogen) atoms. The predicted octanol–water partition coefficient (Wildman–Crippen LogP) is 3.97. The van der Waals surface area contributed by atoms with Crippen LogP contribution in [0.25, 0.3) is 0 Å². The van der Waals surface area contributed by atoms with Gasteiger partial charge in [-0.25, -0.2) is 0 Å². The normalized spacial score (nSPS) is 11.6. The van der Waals surface area contributed by atoms with Gasteiger partial charge >= 0.3 is 0 Å². The summed E-state index contributed by atoms with van der Waals surface area (Å²) in [4.78, 5) is 12.1. The van der Waals surface area contributed by atoms with Crippen LogP contribution in [0, 0.1) is 5.41 Å². The van der Waals surface area contributed by atoms with Crippen molar-refractivity contribution in [2.75, 3.05) is 13.2 Å². The van der Waals surface area contributed by atoms with E-state index in [2.05, 4.69) is 19.2 Å². The van der Waals surface area contributed by atoms with Gasteiger partial charge in [-0.3, -0.25) is 4.79 Å². The van der Waals surface area contributed by atoms with Crippen LogP contribution < -0.4 is 5.32 Å². The number of aliphatic hydroxyl groups is 1. The Kier molecular flexibility index (Phi) is 6.60. The Labute approximate surface area is 127 Å². The van der Waals surface area contributed by atoms with Gasteiger partial charge in [0, 0.05) is 13.2 Å². The zero-order valence-electron chi connectivity index (χ0n) is 11.1. The number of nitrogens with one attached hydrogen (secondary N) is 1. The molecule has 1 heterocycles. The third-order valence-corrected chi connectivity index (χ3v) is 5.15. The maximum atomic E-state index is 12.1. The van der Waals surface area contributed by atoms with Crippen LogP contribution in [0.4, 0.5) is 0 Å². The van der Waals surface area contributed by atoms with Crippen LogP contribution in [0.2, 0.25) is 8.67 Å². The molecule has 1 amide bonds. The van der Waals surface area contributed by atoms with Crippen LogP contribution in [-0.4, -0.2) is 24.2 Å². The quantitative estimate of drug-likeness (QED) is 0.797. The fraction of sp³-hybridized carbons (Fsp3) is 0.615. The van der Waals surface area contributed by atoms with Crippen LogP contribution in [-0.2, 0) is 0 Å². The molecule has 1 rings (SSSR count). The number of thiophene rings is 1. The Morgan fingerprint density at radius 1 is 1.42 bits per heavy atom. The molecule has 2 N–H and O–H groups in total. The fourth-order valence-electron chi connectivity index (χ4n) is 2.04. The Balaban J connectivity index is 2.69. The topological polar surface area (TPSA) is 49.3 Å². The summed E-state index contributed by atoms with van der Waals surface area (Å²) < 4.78 is 0.908. The second-order valence-electron chi connectivity index (χ2n) is 4.60. The summed E-state index contributed by atoms with van der Waals surface area (Å²) in [6.07, 6.45) is 2.49. The molecule has 0 bridgehead atoms. The predicted molar refractivity (Wildman–Crippen MR) is 81.4 cm³/mol. The number of hydrogen-bond donors (Lipinski definition) is 2. The van der Waals surface area contributed by atoms with Gasteiger partial charge in [-0.05, 0) is 30.7 Å². The van der Waals surface area contributed by atoms with E-state index in [1.807, 2.05) is 0 Å². The molecule has 6 heteroatoms. The summed E-state index contributed by atoms with van der Waals surface area (Å²) in [5.74, 6) is -0.211. The van der Waals surface area contributed by atoms with Crippen LogP contribution >= 0.6 is 34.5 Å². The lowest BCUT2D eigenvalue weighted by Gasteiger charge is -2.31. The summed E-state index contributed by atoms with van der Waals surface area (Å²) in [7, 11) is 0. The molecule has 0 atom stereocenters. The van der Waals surface area contributed by atoms with Crippen molar-refractivity contribution in [3.63, 3.8) is 0 Å². The largest absolute Gasteiger partial charge is 0.396 e. The molecule has 0 spiro atoms. The molecule has 0 saturated carbocycles. The standard InChI is InChI=1S/C13H19Cl2NO2S/c1-3-13(4-2,5-6-17)8-16-12(18)9-7-10(14)19-11(9)15/h7,17H,3-6,8H2,1-2H3,(H,16,18). The first-order chi connectivity index (χ1) is 8.98. The van der Waals surface area contributed by atoms with Gasteiger partial charge in [-0.2, -0.15) is 0 Å². The molecule has 0 aromatic carbocycles. The summed E-state index contributed by atoms with van der Waals surface area (Å²) in [5.41, 5.74) is 0.359. The summed E-state index contributed by atoms with van der Waals surface area (Å²) in [5, 5.41) is 12.0. The van der Waals surface area contributed by atoms with Crippen molar-refractivity contribution < 1.29 is 9.90 Å². The van der Waals surface area contributed by atoms with E-state index >= 15 is 0 Å². The molecule has 3 nitrogen and oxygen atoms in total. The van der Waals surface area contributed by atoms with Gasteiger partial charge in [0.25, 0.3) is 5.91 Å². The minimum Gasteiger partial charge on any atom is -0.396 e. The maximum absolute atomic E-state index is 12.1. The van der Waals surface area contributed by atoms with E-state index in [-0.39, 0.29) is 17.9 Å². The van der Waals surface area contributed by atoms with Crippen LogP contribution in [0.3, 0.4) is 0 Å². The number of carbonyl (C=O) groups is 1. The minimum atomic E-state index is -0.211. The zero-order valence-corrected chi connectivity index (χ0v) is 13.5. The van der Waals surface area contributed by atoms with Crippen molar-refractivity contribution in [3.05, 3.63) is 20.3 Å². The highest BCUT2D eigenvalue weighted by atomic mass is 35.5. The Hall–Kier alpha value is -0.290. The average molecular weight is 324 g/mol. The lowest BCUT2D eigenvalue weighted by Crippen LogP contribution is -2.37. The first-order valence-corrected chi connectivity index (χ1v) is 7.89. The Morgan fingerprint density at radius 2 is 2.05 bits per heavy atom. The monoisotopic (exact) mass is 323 g/mol. The van der Waals surface area contributed by atoms with Crippen molar-refractivity contribution >= 4 is 40.4 Å². The van der Waals surface area contributed by atoms with Crippen molar-refractivity contribution in [3.8, 4) is 0 Å². The molecule has 1 aromatic rings. The van der Waals surface area contributed by atoms with E-state index in [1.54, 1.807) is 6.07 Å². The van der Waals surface area contributed by atoms with Gasteiger partial charge in [0.2, 0.25) is 0 Å². The fourth-order valence-corrected chi connectivity index (χ4v) is 3.50. The van der Waals surface area contributed by atoms with E-state index in [0.29, 0.717) is 27.2 Å². The average Bonchev–Trinajstić information content (AvgIpc) is 2.73. The van der Waals surface area contributed by atoms with Crippen molar-refractivity contribution in [1.82, 2.24) is 5.32 Å². The lowest BCUT2D eigenvalue weighted by atomic mass is 9.79. The first-order valence-electron chi connectivity index (χ1n) is 6.32. The van der Waals surface area contributed by atoms with Gasteiger partial charge in [-0.1, -0.05) is 37.0 Å². The molecule has 0 aliphatic rings. The number of carbonyl (C=O) groups excluding carboxylic acids is 1. The zero-order chi connectivity index (χ0) is 14.5. The Bertz CT molecular complexity index is 430. The second kappa shape index (κ2) is 7.48. The molecule has 1 aromatic heterocycles. The van der Waals surface area contributed by atoms with Crippen LogP contribution in [0.5, 0.6) is 0 Å². The SMILES string of the molecule is CCC(CC)(CCO)CNC(=O)c1cc(Cl)sc1Cl. The number of amides is 1. The molecular weight excluding hydrogens is 305 g/mol. The van der Waals surface area contributed by atoms with Crippen molar-refractivity contribution in [2.45, 2.75) is 33.1 Å². The summed E-state index contributed by atoms with van der Waals surface area (Å²) in [6, 6.07) is 1.58. The van der Waals surface area contributed by atoms with E-state index in [9.17, 15) is 4.79 Å².